The van der Waals surface area contributed by atoms with Crippen molar-refractivity contribution in [2.45, 2.75) is 40.2 Å². The summed E-state index contributed by atoms with van der Waals surface area (Å²) in [5.74, 6) is 0. The minimum absolute atomic E-state index is 0.248. The van der Waals surface area contributed by atoms with Crippen molar-refractivity contribution in [3.05, 3.63) is 33.8 Å². The van der Waals surface area contributed by atoms with Crippen molar-refractivity contribution in [3.63, 3.8) is 0 Å². The van der Waals surface area contributed by atoms with Gasteiger partial charge in [0.25, 0.3) is 0 Å². The second kappa shape index (κ2) is 6.08. The normalized spacial score (nSPS) is 13.8. The summed E-state index contributed by atoms with van der Waals surface area (Å²) < 4.78 is 0. The zero-order chi connectivity index (χ0) is 13.1. The lowest BCUT2D eigenvalue weighted by Crippen LogP contribution is -2.25. The molecule has 1 aromatic carbocycles. The quantitative estimate of drug-likeness (QED) is 0.807. The third-order valence-electron chi connectivity index (χ3n) is 2.60. The van der Waals surface area contributed by atoms with Gasteiger partial charge in [-0.05, 0) is 42.1 Å². The molecule has 1 aromatic rings. The molecule has 0 radical (unpaired) electrons. The highest BCUT2D eigenvalue weighted by Crippen LogP contribution is 2.34. The Labute approximate surface area is 115 Å². The van der Waals surface area contributed by atoms with Crippen LogP contribution in [0.25, 0.3) is 0 Å². The third kappa shape index (κ3) is 4.87. The molecule has 1 atom stereocenters. The molecule has 0 fully saturated rings. The van der Waals surface area contributed by atoms with Gasteiger partial charge in [-0.25, -0.2) is 0 Å². The highest BCUT2D eigenvalue weighted by atomic mass is 35.5. The topological polar surface area (TPSA) is 12.0 Å². The van der Waals surface area contributed by atoms with Gasteiger partial charge in [0, 0.05) is 16.1 Å². The van der Waals surface area contributed by atoms with Gasteiger partial charge in [-0.1, -0.05) is 50.9 Å². The maximum absolute atomic E-state index is 6.26. The lowest BCUT2D eigenvalue weighted by Gasteiger charge is -2.27. The second-order valence-electron chi connectivity index (χ2n) is 5.54. The summed E-state index contributed by atoms with van der Waals surface area (Å²) >= 11 is 12.3. The average Bonchev–Trinajstić information content (AvgIpc) is 2.19. The Morgan fingerprint density at radius 3 is 2.41 bits per heavy atom. The van der Waals surface area contributed by atoms with E-state index >= 15 is 0 Å². The van der Waals surface area contributed by atoms with Crippen LogP contribution in [0.4, 0.5) is 0 Å². The molecule has 1 N–H and O–H groups in total. The van der Waals surface area contributed by atoms with Gasteiger partial charge in [0.2, 0.25) is 0 Å². The smallest absolute Gasteiger partial charge is 0.0454 e. The largest absolute Gasteiger partial charge is 0.310 e. The molecule has 0 saturated carbocycles. The van der Waals surface area contributed by atoms with E-state index in [0.717, 1.165) is 28.6 Å². The molecular weight excluding hydrogens is 253 g/mol. The summed E-state index contributed by atoms with van der Waals surface area (Å²) in [6.45, 7) is 9.72. The first-order chi connectivity index (χ1) is 7.83. The summed E-state index contributed by atoms with van der Waals surface area (Å²) in [5, 5.41) is 5.00. The molecule has 0 heterocycles. The monoisotopic (exact) mass is 273 g/mol. The summed E-state index contributed by atoms with van der Waals surface area (Å²) in [6, 6.07) is 5.91. The molecule has 96 valence electrons. The van der Waals surface area contributed by atoms with Crippen molar-refractivity contribution in [1.29, 1.82) is 0 Å². The molecule has 0 aliphatic heterocycles. The summed E-state index contributed by atoms with van der Waals surface area (Å²) in [7, 11) is 0. The zero-order valence-corrected chi connectivity index (χ0v) is 12.5. The minimum atomic E-state index is 0.248. The van der Waals surface area contributed by atoms with Crippen molar-refractivity contribution < 1.29 is 0 Å². The Hall–Kier alpha value is -0.240. The molecule has 0 saturated heterocycles. The lowest BCUT2D eigenvalue weighted by atomic mass is 9.85. The van der Waals surface area contributed by atoms with Gasteiger partial charge in [0.05, 0.1) is 0 Å². The van der Waals surface area contributed by atoms with E-state index in [1.807, 2.05) is 18.2 Å². The standard InChI is InChI=1S/C14H21Cl2N/c1-5-17-13(9-14(2,3)4)11-8-10(15)6-7-12(11)16/h6-8,13,17H,5,9H2,1-4H3. The third-order valence-corrected chi connectivity index (χ3v) is 3.18. The van der Waals surface area contributed by atoms with Crippen molar-refractivity contribution in [2.24, 2.45) is 5.41 Å². The van der Waals surface area contributed by atoms with Crippen LogP contribution in [0.2, 0.25) is 10.0 Å². The van der Waals surface area contributed by atoms with Crippen LogP contribution in [-0.4, -0.2) is 6.54 Å². The van der Waals surface area contributed by atoms with E-state index in [1.165, 1.54) is 0 Å². The Morgan fingerprint density at radius 1 is 1.24 bits per heavy atom. The maximum atomic E-state index is 6.26. The Bertz CT molecular complexity index is 369. The van der Waals surface area contributed by atoms with Gasteiger partial charge in [-0.3, -0.25) is 0 Å². The first kappa shape index (κ1) is 14.8. The van der Waals surface area contributed by atoms with Gasteiger partial charge in [-0.2, -0.15) is 0 Å². The van der Waals surface area contributed by atoms with Gasteiger partial charge in [0.15, 0.2) is 0 Å². The zero-order valence-electron chi connectivity index (χ0n) is 11.0. The molecule has 0 bridgehead atoms. The highest BCUT2D eigenvalue weighted by molar-refractivity contribution is 6.33. The van der Waals surface area contributed by atoms with Crippen LogP contribution < -0.4 is 5.32 Å². The van der Waals surface area contributed by atoms with E-state index in [-0.39, 0.29) is 11.5 Å². The number of halogens is 2. The fourth-order valence-corrected chi connectivity index (χ4v) is 2.36. The van der Waals surface area contributed by atoms with Crippen LogP contribution in [0.5, 0.6) is 0 Å². The van der Waals surface area contributed by atoms with Crippen LogP contribution in [0, 0.1) is 5.41 Å². The number of hydrogen-bond donors (Lipinski definition) is 1. The Morgan fingerprint density at radius 2 is 1.88 bits per heavy atom. The Balaban J connectivity index is 3.00. The number of nitrogens with one attached hydrogen (secondary N) is 1. The number of rotatable bonds is 4. The second-order valence-corrected chi connectivity index (χ2v) is 6.38. The number of hydrogen-bond acceptors (Lipinski definition) is 1. The molecule has 17 heavy (non-hydrogen) atoms. The molecule has 1 unspecified atom stereocenters. The van der Waals surface area contributed by atoms with Crippen molar-refractivity contribution in [2.75, 3.05) is 6.54 Å². The lowest BCUT2D eigenvalue weighted by molar-refractivity contribution is 0.314. The van der Waals surface area contributed by atoms with Crippen LogP contribution >= 0.6 is 23.2 Å². The van der Waals surface area contributed by atoms with Gasteiger partial charge in [0.1, 0.15) is 0 Å². The van der Waals surface area contributed by atoms with Crippen LogP contribution in [0.1, 0.15) is 45.7 Å². The van der Waals surface area contributed by atoms with Crippen LogP contribution in [0.15, 0.2) is 18.2 Å². The van der Waals surface area contributed by atoms with Gasteiger partial charge >= 0.3 is 0 Å². The van der Waals surface area contributed by atoms with E-state index in [0.29, 0.717) is 0 Å². The van der Waals surface area contributed by atoms with Crippen LogP contribution in [-0.2, 0) is 0 Å². The van der Waals surface area contributed by atoms with E-state index in [1.54, 1.807) is 0 Å². The molecule has 0 spiro atoms. The van der Waals surface area contributed by atoms with Crippen molar-refractivity contribution in [3.8, 4) is 0 Å². The van der Waals surface area contributed by atoms with Crippen LogP contribution in [0.3, 0.4) is 0 Å². The Kier molecular flexibility index (Phi) is 5.30. The maximum Gasteiger partial charge on any atom is 0.0454 e. The molecule has 0 amide bonds. The summed E-state index contributed by atoms with van der Waals surface area (Å²) in [4.78, 5) is 0. The summed E-state index contributed by atoms with van der Waals surface area (Å²) in [6.07, 6.45) is 1.03. The highest BCUT2D eigenvalue weighted by Gasteiger charge is 2.21. The van der Waals surface area contributed by atoms with E-state index < -0.39 is 0 Å². The first-order valence-electron chi connectivity index (χ1n) is 6.02. The molecule has 0 aliphatic carbocycles. The fraction of sp³-hybridized carbons (Fsp3) is 0.571. The van der Waals surface area contributed by atoms with E-state index in [4.69, 9.17) is 23.2 Å². The van der Waals surface area contributed by atoms with E-state index in [2.05, 4.69) is 33.0 Å². The molecule has 0 aliphatic rings. The van der Waals surface area contributed by atoms with Crippen molar-refractivity contribution >= 4 is 23.2 Å². The molecule has 0 aromatic heterocycles. The minimum Gasteiger partial charge on any atom is -0.310 e. The molecule has 1 rings (SSSR count). The predicted octanol–water partition coefficient (Wildman–Crippen LogP) is 5.08. The SMILES string of the molecule is CCNC(CC(C)(C)C)c1cc(Cl)ccc1Cl. The molecule has 3 heteroatoms. The first-order valence-corrected chi connectivity index (χ1v) is 6.77. The van der Waals surface area contributed by atoms with E-state index in [9.17, 15) is 0 Å². The molecular formula is C14H21Cl2N. The van der Waals surface area contributed by atoms with Gasteiger partial charge < -0.3 is 5.32 Å². The molecule has 1 nitrogen and oxygen atoms in total. The predicted molar refractivity (Wildman–Crippen MR) is 77.0 cm³/mol. The van der Waals surface area contributed by atoms with Crippen molar-refractivity contribution in [1.82, 2.24) is 5.32 Å². The average molecular weight is 274 g/mol. The number of benzene rings is 1. The van der Waals surface area contributed by atoms with Gasteiger partial charge in [-0.15, -0.1) is 0 Å². The fourth-order valence-electron chi connectivity index (χ4n) is 1.93. The summed E-state index contributed by atoms with van der Waals surface area (Å²) in [5.41, 5.74) is 1.34.